The van der Waals surface area contributed by atoms with Crippen LogP contribution in [0.5, 0.6) is 0 Å². The molecule has 0 fully saturated rings. The van der Waals surface area contributed by atoms with Crippen LogP contribution in [0.3, 0.4) is 0 Å². The lowest BCUT2D eigenvalue weighted by Crippen LogP contribution is -2.34. The summed E-state index contributed by atoms with van der Waals surface area (Å²) in [5.41, 5.74) is 1.72. The van der Waals surface area contributed by atoms with Gasteiger partial charge in [-0.05, 0) is 42.9 Å². The molecule has 16 heavy (non-hydrogen) atoms. The number of halogens is 1. The van der Waals surface area contributed by atoms with Gasteiger partial charge in [0.25, 0.3) is 0 Å². The number of aryl methyl sites for hydroxylation is 1. The molecule has 0 saturated carbocycles. The lowest BCUT2D eigenvalue weighted by Gasteiger charge is -2.10. The summed E-state index contributed by atoms with van der Waals surface area (Å²) >= 11 is 10.7. The number of anilines is 1. The van der Waals surface area contributed by atoms with E-state index >= 15 is 0 Å². The highest BCUT2D eigenvalue weighted by atomic mass is 35.5. The average Bonchev–Trinajstić information content (AvgIpc) is 2.22. The average molecular weight is 259 g/mol. The van der Waals surface area contributed by atoms with Crippen molar-refractivity contribution in [1.82, 2.24) is 5.32 Å². The lowest BCUT2D eigenvalue weighted by molar-refractivity contribution is 0.177. The van der Waals surface area contributed by atoms with Crippen molar-refractivity contribution in [1.29, 1.82) is 0 Å². The molecule has 1 amide bonds. The zero-order chi connectivity index (χ0) is 12.1. The Labute approximate surface area is 104 Å². The molecule has 0 atom stereocenters. The molecule has 0 aliphatic heterocycles. The SMILES string of the molecule is COC(=O)NC(=S)Nc1ccc(Cl)cc1C. The van der Waals surface area contributed by atoms with Crippen molar-refractivity contribution < 1.29 is 9.53 Å². The predicted molar refractivity (Wildman–Crippen MR) is 68.0 cm³/mol. The molecule has 0 heterocycles. The molecular weight excluding hydrogens is 248 g/mol. The van der Waals surface area contributed by atoms with Crippen molar-refractivity contribution in [2.24, 2.45) is 0 Å². The van der Waals surface area contributed by atoms with E-state index in [1.54, 1.807) is 18.2 Å². The maximum atomic E-state index is 10.9. The van der Waals surface area contributed by atoms with Gasteiger partial charge in [-0.2, -0.15) is 0 Å². The van der Waals surface area contributed by atoms with Crippen LogP contribution in [0, 0.1) is 6.92 Å². The summed E-state index contributed by atoms with van der Waals surface area (Å²) in [6.45, 7) is 1.88. The van der Waals surface area contributed by atoms with Gasteiger partial charge in [0, 0.05) is 10.7 Å². The Balaban J connectivity index is 2.66. The molecule has 0 bridgehead atoms. The maximum Gasteiger partial charge on any atom is 0.413 e. The molecule has 1 rings (SSSR count). The molecule has 2 N–H and O–H groups in total. The number of alkyl carbamates (subject to hydrolysis) is 1. The van der Waals surface area contributed by atoms with Crippen LogP contribution in [-0.2, 0) is 4.74 Å². The highest BCUT2D eigenvalue weighted by Gasteiger charge is 2.05. The minimum atomic E-state index is -0.607. The molecule has 1 aromatic carbocycles. The third-order valence-electron chi connectivity index (χ3n) is 1.84. The number of rotatable bonds is 1. The van der Waals surface area contributed by atoms with E-state index < -0.39 is 6.09 Å². The van der Waals surface area contributed by atoms with Crippen molar-refractivity contribution in [3.05, 3.63) is 28.8 Å². The second-order valence-electron chi connectivity index (χ2n) is 3.03. The number of hydrogen-bond acceptors (Lipinski definition) is 3. The van der Waals surface area contributed by atoms with Gasteiger partial charge >= 0.3 is 6.09 Å². The second-order valence-corrected chi connectivity index (χ2v) is 3.87. The molecular formula is C10H11ClN2O2S. The van der Waals surface area contributed by atoms with E-state index in [4.69, 9.17) is 23.8 Å². The van der Waals surface area contributed by atoms with Gasteiger partial charge in [0.1, 0.15) is 0 Å². The number of thiocarbonyl (C=S) groups is 1. The third kappa shape index (κ3) is 3.67. The Morgan fingerprint density at radius 2 is 2.19 bits per heavy atom. The van der Waals surface area contributed by atoms with E-state index in [0.717, 1.165) is 11.3 Å². The highest BCUT2D eigenvalue weighted by molar-refractivity contribution is 7.80. The first-order chi connectivity index (χ1) is 7.52. The van der Waals surface area contributed by atoms with Crippen LogP contribution in [0.15, 0.2) is 18.2 Å². The molecule has 0 saturated heterocycles. The normalized spacial score (nSPS) is 9.44. The number of methoxy groups -OCH3 is 1. The van der Waals surface area contributed by atoms with Gasteiger partial charge in [-0.1, -0.05) is 11.6 Å². The van der Waals surface area contributed by atoms with Crippen molar-refractivity contribution in [3.8, 4) is 0 Å². The number of ether oxygens (including phenoxy) is 1. The molecule has 6 heteroatoms. The molecule has 0 aliphatic rings. The minimum Gasteiger partial charge on any atom is -0.453 e. The van der Waals surface area contributed by atoms with E-state index in [2.05, 4.69) is 15.4 Å². The van der Waals surface area contributed by atoms with Crippen molar-refractivity contribution in [2.45, 2.75) is 6.92 Å². The van der Waals surface area contributed by atoms with Crippen molar-refractivity contribution >= 4 is 40.7 Å². The fourth-order valence-electron chi connectivity index (χ4n) is 1.06. The van der Waals surface area contributed by atoms with E-state index in [1.807, 2.05) is 6.92 Å². The number of nitrogens with one attached hydrogen (secondary N) is 2. The molecule has 1 aromatic rings. The van der Waals surface area contributed by atoms with Gasteiger partial charge in [-0.15, -0.1) is 0 Å². The summed E-state index contributed by atoms with van der Waals surface area (Å²) < 4.78 is 4.41. The molecule has 0 spiro atoms. The summed E-state index contributed by atoms with van der Waals surface area (Å²) in [6, 6.07) is 5.31. The Kier molecular flexibility index (Phi) is 4.52. The van der Waals surface area contributed by atoms with Gasteiger partial charge in [0.2, 0.25) is 0 Å². The molecule has 0 radical (unpaired) electrons. The van der Waals surface area contributed by atoms with Crippen molar-refractivity contribution in [3.63, 3.8) is 0 Å². The number of carbonyl (C=O) groups is 1. The Morgan fingerprint density at radius 3 is 2.75 bits per heavy atom. The Bertz CT molecular complexity index is 423. The van der Waals surface area contributed by atoms with Crippen molar-refractivity contribution in [2.75, 3.05) is 12.4 Å². The molecule has 0 aliphatic carbocycles. The van der Waals surface area contributed by atoms with Crippen LogP contribution in [0.25, 0.3) is 0 Å². The largest absolute Gasteiger partial charge is 0.453 e. The van der Waals surface area contributed by atoms with Gasteiger partial charge in [0.15, 0.2) is 5.11 Å². The summed E-state index contributed by atoms with van der Waals surface area (Å²) in [5, 5.41) is 6.04. The predicted octanol–water partition coefficient (Wildman–Crippen LogP) is 2.70. The molecule has 0 unspecified atom stereocenters. The first kappa shape index (κ1) is 12.7. The fourth-order valence-corrected chi connectivity index (χ4v) is 1.48. The van der Waals surface area contributed by atoms with Crippen LogP contribution in [0.2, 0.25) is 5.02 Å². The summed E-state index contributed by atoms with van der Waals surface area (Å²) in [4.78, 5) is 10.9. The second kappa shape index (κ2) is 5.67. The summed E-state index contributed by atoms with van der Waals surface area (Å²) in [6.07, 6.45) is -0.607. The van der Waals surface area contributed by atoms with E-state index in [1.165, 1.54) is 7.11 Å². The minimum absolute atomic E-state index is 0.178. The molecule has 4 nitrogen and oxygen atoms in total. The Morgan fingerprint density at radius 1 is 1.50 bits per heavy atom. The number of carbonyl (C=O) groups excluding carboxylic acids is 1. The number of hydrogen-bond donors (Lipinski definition) is 2. The summed E-state index contributed by atoms with van der Waals surface area (Å²) in [5.74, 6) is 0. The van der Waals surface area contributed by atoms with Crippen LogP contribution in [0.4, 0.5) is 10.5 Å². The summed E-state index contributed by atoms with van der Waals surface area (Å²) in [7, 11) is 1.27. The van der Waals surface area contributed by atoms with E-state index in [0.29, 0.717) is 5.02 Å². The number of benzene rings is 1. The van der Waals surface area contributed by atoms with Gasteiger partial charge in [-0.25, -0.2) is 4.79 Å². The van der Waals surface area contributed by atoms with E-state index in [-0.39, 0.29) is 5.11 Å². The van der Waals surface area contributed by atoms with E-state index in [9.17, 15) is 4.79 Å². The standard InChI is InChI=1S/C10H11ClN2O2S/c1-6-5-7(11)3-4-8(6)12-9(16)13-10(14)15-2/h3-5H,1-2H3,(H2,12,13,14,16). The van der Waals surface area contributed by atoms with Crippen LogP contribution < -0.4 is 10.6 Å². The first-order valence-electron chi connectivity index (χ1n) is 4.45. The van der Waals surface area contributed by atoms with Gasteiger partial charge in [-0.3, -0.25) is 5.32 Å². The molecule has 0 aromatic heterocycles. The molecule has 86 valence electrons. The smallest absolute Gasteiger partial charge is 0.413 e. The van der Waals surface area contributed by atoms with Gasteiger partial charge in [0.05, 0.1) is 7.11 Å². The monoisotopic (exact) mass is 258 g/mol. The Hall–Kier alpha value is -1.33. The lowest BCUT2D eigenvalue weighted by atomic mass is 10.2. The van der Waals surface area contributed by atoms with Gasteiger partial charge < -0.3 is 10.1 Å². The number of amides is 1. The third-order valence-corrected chi connectivity index (χ3v) is 2.28. The van der Waals surface area contributed by atoms with Crippen LogP contribution in [-0.4, -0.2) is 18.3 Å². The van der Waals surface area contributed by atoms with Crippen LogP contribution >= 0.6 is 23.8 Å². The van der Waals surface area contributed by atoms with Crippen LogP contribution in [0.1, 0.15) is 5.56 Å². The highest BCUT2D eigenvalue weighted by Crippen LogP contribution is 2.19. The zero-order valence-electron chi connectivity index (χ0n) is 8.83. The quantitative estimate of drug-likeness (QED) is 0.761. The maximum absolute atomic E-state index is 10.9. The first-order valence-corrected chi connectivity index (χ1v) is 5.23. The fraction of sp³-hybridized carbons (Fsp3) is 0.200. The zero-order valence-corrected chi connectivity index (χ0v) is 10.4. The topological polar surface area (TPSA) is 50.4 Å².